The lowest BCUT2D eigenvalue weighted by Crippen LogP contribution is -2.17. The number of carboxylic acid groups (broad SMARTS) is 1. The fraction of sp³-hybridized carbons (Fsp3) is 0.400. The fourth-order valence-corrected chi connectivity index (χ4v) is 1.54. The van der Waals surface area contributed by atoms with E-state index in [1.807, 2.05) is 0 Å². The molecule has 0 radical (unpaired) electrons. The number of nitrogens with zero attached hydrogens (tertiary/aromatic N) is 2. The highest BCUT2D eigenvalue weighted by Crippen LogP contribution is 2.27. The maximum atomic E-state index is 10.8. The molecule has 0 aromatic carbocycles. The quantitative estimate of drug-likeness (QED) is 0.626. The van der Waals surface area contributed by atoms with Gasteiger partial charge in [0.2, 0.25) is 0 Å². The van der Waals surface area contributed by atoms with Gasteiger partial charge in [0.25, 0.3) is 5.88 Å². The molecule has 1 fully saturated rings. The van der Waals surface area contributed by atoms with Crippen LogP contribution in [0.5, 0.6) is 5.88 Å². The summed E-state index contributed by atoms with van der Waals surface area (Å²) in [6.45, 7) is 0.880. The molecule has 1 saturated heterocycles. The van der Waals surface area contributed by atoms with E-state index < -0.39 is 16.6 Å². The lowest BCUT2D eigenvalue weighted by molar-refractivity contribution is -0.386. The first kappa shape index (κ1) is 12.2. The molecular formula is C10H10N2O6. The van der Waals surface area contributed by atoms with Gasteiger partial charge in [0.1, 0.15) is 6.10 Å². The van der Waals surface area contributed by atoms with E-state index in [4.69, 9.17) is 14.6 Å². The number of hydrogen-bond donors (Lipinski definition) is 1. The predicted molar refractivity (Wildman–Crippen MR) is 57.7 cm³/mol. The molecule has 1 aromatic rings. The zero-order chi connectivity index (χ0) is 13.1. The largest absolute Gasteiger partial charge is 0.478 e. The van der Waals surface area contributed by atoms with Crippen molar-refractivity contribution in [2.75, 3.05) is 13.2 Å². The van der Waals surface area contributed by atoms with Crippen LogP contribution >= 0.6 is 0 Å². The number of aromatic nitrogens is 1. The van der Waals surface area contributed by atoms with E-state index in [1.54, 1.807) is 0 Å². The van der Waals surface area contributed by atoms with Gasteiger partial charge in [-0.15, -0.1) is 0 Å². The molecule has 2 rings (SSSR count). The van der Waals surface area contributed by atoms with Gasteiger partial charge < -0.3 is 14.6 Å². The fourth-order valence-electron chi connectivity index (χ4n) is 1.54. The molecule has 96 valence electrons. The lowest BCUT2D eigenvalue weighted by atomic mass is 10.2. The monoisotopic (exact) mass is 254 g/mol. The molecule has 1 atom stereocenters. The molecule has 0 amide bonds. The second-order valence-corrected chi connectivity index (χ2v) is 3.71. The Hall–Kier alpha value is -2.22. The van der Waals surface area contributed by atoms with Crippen LogP contribution in [0.25, 0.3) is 0 Å². The summed E-state index contributed by atoms with van der Waals surface area (Å²) in [7, 11) is 0. The van der Waals surface area contributed by atoms with Crippen LogP contribution in [-0.4, -0.2) is 40.3 Å². The van der Waals surface area contributed by atoms with Crippen molar-refractivity contribution in [3.05, 3.63) is 27.9 Å². The van der Waals surface area contributed by atoms with E-state index >= 15 is 0 Å². The molecule has 18 heavy (non-hydrogen) atoms. The Morgan fingerprint density at radius 1 is 1.67 bits per heavy atom. The molecular weight excluding hydrogens is 244 g/mol. The Morgan fingerprint density at radius 3 is 3.00 bits per heavy atom. The highest BCUT2D eigenvalue weighted by Gasteiger charge is 2.25. The van der Waals surface area contributed by atoms with Crippen LogP contribution in [-0.2, 0) is 4.74 Å². The van der Waals surface area contributed by atoms with Gasteiger partial charge in [0.15, 0.2) is 0 Å². The summed E-state index contributed by atoms with van der Waals surface area (Å²) in [4.78, 5) is 24.5. The third kappa shape index (κ3) is 2.54. The third-order valence-corrected chi connectivity index (χ3v) is 2.44. The van der Waals surface area contributed by atoms with E-state index in [2.05, 4.69) is 4.98 Å². The van der Waals surface area contributed by atoms with Crippen molar-refractivity contribution in [3.8, 4) is 5.88 Å². The number of hydrogen-bond acceptors (Lipinski definition) is 6. The molecule has 1 aromatic heterocycles. The number of ether oxygens (including phenoxy) is 2. The Morgan fingerprint density at radius 2 is 2.44 bits per heavy atom. The summed E-state index contributed by atoms with van der Waals surface area (Å²) >= 11 is 0. The second kappa shape index (κ2) is 4.96. The summed E-state index contributed by atoms with van der Waals surface area (Å²) in [6.07, 6.45) is 1.37. The molecule has 2 heterocycles. The number of pyridine rings is 1. The Bertz CT molecular complexity index is 483. The number of carboxylic acids is 1. The standard InChI is InChI=1S/C10H10N2O6/c13-10(14)6-3-8(12(15)16)9(11-4-6)18-7-1-2-17-5-7/h3-4,7H,1-2,5H2,(H,13,14). The summed E-state index contributed by atoms with van der Waals surface area (Å²) < 4.78 is 10.4. The molecule has 0 saturated carbocycles. The van der Waals surface area contributed by atoms with Crippen LogP contribution < -0.4 is 4.74 Å². The smallest absolute Gasteiger partial charge is 0.337 e. The highest BCUT2D eigenvalue weighted by molar-refractivity contribution is 5.88. The average Bonchev–Trinajstić information content (AvgIpc) is 2.81. The van der Waals surface area contributed by atoms with E-state index in [9.17, 15) is 14.9 Å². The lowest BCUT2D eigenvalue weighted by Gasteiger charge is -2.10. The van der Waals surface area contributed by atoms with Crippen LogP contribution in [0.3, 0.4) is 0 Å². The van der Waals surface area contributed by atoms with E-state index in [-0.39, 0.29) is 17.5 Å². The first-order chi connectivity index (χ1) is 8.58. The Labute approximate surface area is 101 Å². The summed E-state index contributed by atoms with van der Waals surface area (Å²) in [6, 6.07) is 0.931. The van der Waals surface area contributed by atoms with E-state index in [0.717, 1.165) is 12.3 Å². The van der Waals surface area contributed by atoms with Gasteiger partial charge in [-0.2, -0.15) is 0 Å². The van der Waals surface area contributed by atoms with Crippen LogP contribution in [0.2, 0.25) is 0 Å². The molecule has 8 heteroatoms. The molecule has 1 aliphatic rings. The molecule has 1 unspecified atom stereocenters. The van der Waals surface area contributed by atoms with Crippen molar-refractivity contribution in [2.45, 2.75) is 12.5 Å². The van der Waals surface area contributed by atoms with Crippen molar-refractivity contribution >= 4 is 11.7 Å². The topological polar surface area (TPSA) is 112 Å². The SMILES string of the molecule is O=C(O)c1cnc(OC2CCOC2)c([N+](=O)[O-])c1. The van der Waals surface area contributed by atoms with Gasteiger partial charge in [0.05, 0.1) is 23.7 Å². The molecule has 8 nitrogen and oxygen atoms in total. The van der Waals surface area contributed by atoms with Gasteiger partial charge in [-0.05, 0) is 0 Å². The minimum absolute atomic E-state index is 0.180. The van der Waals surface area contributed by atoms with E-state index in [1.165, 1.54) is 0 Å². The van der Waals surface area contributed by atoms with Crippen molar-refractivity contribution < 1.29 is 24.3 Å². The van der Waals surface area contributed by atoms with Gasteiger partial charge in [0, 0.05) is 18.7 Å². The minimum atomic E-state index is -1.28. The average molecular weight is 254 g/mol. The molecule has 0 bridgehead atoms. The Balaban J connectivity index is 2.28. The van der Waals surface area contributed by atoms with Gasteiger partial charge in [-0.25, -0.2) is 9.78 Å². The maximum Gasteiger partial charge on any atom is 0.337 e. The predicted octanol–water partition coefficient (Wildman–Crippen LogP) is 0.856. The Kier molecular flexibility index (Phi) is 3.38. The van der Waals surface area contributed by atoms with Crippen molar-refractivity contribution in [3.63, 3.8) is 0 Å². The van der Waals surface area contributed by atoms with Crippen molar-refractivity contribution in [2.24, 2.45) is 0 Å². The number of aromatic carboxylic acids is 1. The van der Waals surface area contributed by atoms with Crippen molar-refractivity contribution in [1.29, 1.82) is 0 Å². The number of carbonyl (C=O) groups is 1. The molecule has 1 N–H and O–H groups in total. The highest BCUT2D eigenvalue weighted by atomic mass is 16.6. The van der Waals surface area contributed by atoms with Gasteiger partial charge in [-0.3, -0.25) is 10.1 Å². The summed E-state index contributed by atoms with van der Waals surface area (Å²) in [5, 5.41) is 19.6. The molecule has 1 aliphatic heterocycles. The molecule has 0 spiro atoms. The minimum Gasteiger partial charge on any atom is -0.478 e. The first-order valence-corrected chi connectivity index (χ1v) is 5.20. The van der Waals surface area contributed by atoms with Crippen molar-refractivity contribution in [1.82, 2.24) is 4.98 Å². The molecule has 0 aliphatic carbocycles. The first-order valence-electron chi connectivity index (χ1n) is 5.20. The van der Waals surface area contributed by atoms with Gasteiger partial charge >= 0.3 is 11.7 Å². The second-order valence-electron chi connectivity index (χ2n) is 3.71. The number of nitro groups is 1. The summed E-state index contributed by atoms with van der Waals surface area (Å²) in [5.74, 6) is -1.46. The van der Waals surface area contributed by atoms with E-state index in [0.29, 0.717) is 19.6 Å². The summed E-state index contributed by atoms with van der Waals surface area (Å²) in [5.41, 5.74) is -0.710. The van der Waals surface area contributed by atoms with Gasteiger partial charge in [-0.1, -0.05) is 0 Å². The zero-order valence-corrected chi connectivity index (χ0v) is 9.24. The van der Waals surface area contributed by atoms with Crippen LogP contribution in [0.15, 0.2) is 12.3 Å². The van der Waals surface area contributed by atoms with Crippen LogP contribution in [0.4, 0.5) is 5.69 Å². The number of rotatable bonds is 4. The normalized spacial score (nSPS) is 18.6. The maximum absolute atomic E-state index is 10.8. The zero-order valence-electron chi connectivity index (χ0n) is 9.24. The third-order valence-electron chi connectivity index (χ3n) is 2.44. The van der Waals surface area contributed by atoms with Crippen LogP contribution in [0.1, 0.15) is 16.8 Å². The van der Waals surface area contributed by atoms with Crippen LogP contribution in [0, 0.1) is 10.1 Å².